The van der Waals surface area contributed by atoms with Crippen molar-refractivity contribution >= 4 is 34.9 Å². The molecule has 10 nitrogen and oxygen atoms in total. The van der Waals surface area contributed by atoms with Gasteiger partial charge in [0.25, 0.3) is 0 Å². The Hall–Kier alpha value is -2.63. The van der Waals surface area contributed by atoms with Crippen molar-refractivity contribution in [1.82, 2.24) is 10.2 Å². The van der Waals surface area contributed by atoms with Gasteiger partial charge in [-0.05, 0) is 30.8 Å². The zero-order valence-electron chi connectivity index (χ0n) is 17.2. The summed E-state index contributed by atoms with van der Waals surface area (Å²) in [7, 11) is 0. The van der Waals surface area contributed by atoms with Crippen molar-refractivity contribution in [2.45, 2.75) is 12.2 Å². The van der Waals surface area contributed by atoms with E-state index in [0.717, 1.165) is 13.1 Å². The van der Waals surface area contributed by atoms with E-state index in [-0.39, 0.29) is 13.2 Å². The molecule has 1 atom stereocenters. The first-order valence-corrected chi connectivity index (χ1v) is 10.6. The van der Waals surface area contributed by atoms with Gasteiger partial charge in [-0.1, -0.05) is 18.2 Å². The molecular formula is C20H26N2O8S. The zero-order chi connectivity index (χ0) is 22.5. The van der Waals surface area contributed by atoms with Crippen LogP contribution in [0.25, 0.3) is 0 Å². The molecule has 1 aromatic carbocycles. The fourth-order valence-corrected chi connectivity index (χ4v) is 3.08. The number of ether oxygens (including phenoxy) is 4. The molecule has 1 amide bonds. The molecule has 0 aliphatic carbocycles. The summed E-state index contributed by atoms with van der Waals surface area (Å²) in [6.45, 7) is 4.38. The van der Waals surface area contributed by atoms with Crippen molar-refractivity contribution in [2.24, 2.45) is 0 Å². The first-order valence-electron chi connectivity index (χ1n) is 9.74. The summed E-state index contributed by atoms with van der Waals surface area (Å²) in [5, 5.41) is 0.823. The molecule has 0 radical (unpaired) electrons. The van der Waals surface area contributed by atoms with Crippen molar-refractivity contribution in [2.75, 3.05) is 52.8 Å². The Morgan fingerprint density at radius 2 is 1.81 bits per heavy atom. The molecule has 0 bridgehead atoms. The monoisotopic (exact) mass is 454 g/mol. The standard InChI is InChI=1S/C20H26N2O8S/c1-15(31-20(26)30-14-29-19(25)16-5-3-2-4-6-16)18(24)21-13-17(23)28-12-9-22-7-10-27-11-8-22/h2-6,15H,7-14H2,1H3,(H,21,24). The number of rotatable bonds is 10. The van der Waals surface area contributed by atoms with Crippen molar-refractivity contribution in [1.29, 1.82) is 0 Å². The summed E-state index contributed by atoms with van der Waals surface area (Å²) < 4.78 is 19.9. The summed E-state index contributed by atoms with van der Waals surface area (Å²) in [4.78, 5) is 49.4. The molecule has 1 aliphatic heterocycles. The van der Waals surface area contributed by atoms with E-state index in [4.69, 9.17) is 18.9 Å². The molecule has 0 aromatic heterocycles. The van der Waals surface area contributed by atoms with Gasteiger partial charge in [-0.3, -0.25) is 14.5 Å². The Balaban J connectivity index is 1.55. The number of benzene rings is 1. The van der Waals surface area contributed by atoms with Gasteiger partial charge in [0.1, 0.15) is 13.2 Å². The molecule has 2 rings (SSSR count). The van der Waals surface area contributed by atoms with Gasteiger partial charge in [-0.25, -0.2) is 9.59 Å². The van der Waals surface area contributed by atoms with E-state index in [1.54, 1.807) is 30.3 Å². The second kappa shape index (κ2) is 13.6. The van der Waals surface area contributed by atoms with Crippen LogP contribution in [-0.2, 0) is 28.5 Å². The van der Waals surface area contributed by atoms with E-state index < -0.39 is 35.2 Å². The average molecular weight is 455 g/mol. The third-order valence-electron chi connectivity index (χ3n) is 4.20. The summed E-state index contributed by atoms with van der Waals surface area (Å²) in [5.74, 6) is -1.71. The number of nitrogens with one attached hydrogen (secondary N) is 1. The third kappa shape index (κ3) is 9.81. The van der Waals surface area contributed by atoms with Crippen LogP contribution in [0.4, 0.5) is 4.79 Å². The van der Waals surface area contributed by atoms with Crippen molar-refractivity contribution in [3.8, 4) is 0 Å². The number of esters is 2. The number of carbonyl (C=O) groups excluding carboxylic acids is 4. The van der Waals surface area contributed by atoms with Crippen LogP contribution in [0.5, 0.6) is 0 Å². The minimum absolute atomic E-state index is 0.229. The number of morpholine rings is 1. The lowest BCUT2D eigenvalue weighted by atomic mass is 10.2. The largest absolute Gasteiger partial charge is 0.463 e. The lowest BCUT2D eigenvalue weighted by Gasteiger charge is -2.26. The minimum Gasteiger partial charge on any atom is -0.463 e. The van der Waals surface area contributed by atoms with Crippen LogP contribution in [0.3, 0.4) is 0 Å². The Labute approximate surface area is 184 Å². The maximum absolute atomic E-state index is 12.0. The number of hydrogen-bond acceptors (Lipinski definition) is 10. The second-order valence-corrected chi connectivity index (χ2v) is 7.74. The van der Waals surface area contributed by atoms with Gasteiger partial charge in [0.05, 0.1) is 24.0 Å². The van der Waals surface area contributed by atoms with Gasteiger partial charge < -0.3 is 24.3 Å². The molecule has 31 heavy (non-hydrogen) atoms. The maximum Gasteiger partial charge on any atom is 0.370 e. The molecule has 0 spiro atoms. The summed E-state index contributed by atoms with van der Waals surface area (Å²) >= 11 is 0.608. The molecule has 1 heterocycles. The number of carbonyl (C=O) groups is 4. The maximum atomic E-state index is 12.0. The second-order valence-electron chi connectivity index (χ2n) is 6.46. The molecule has 1 fully saturated rings. The van der Waals surface area contributed by atoms with Crippen LogP contribution in [0, 0.1) is 0 Å². The number of amides is 1. The number of thioether (sulfide) groups is 1. The quantitative estimate of drug-likeness (QED) is 0.406. The van der Waals surface area contributed by atoms with Gasteiger partial charge in [0, 0.05) is 19.6 Å². The SMILES string of the molecule is CC(SC(=O)OCOC(=O)c1ccccc1)C(=O)NCC(=O)OCCN1CCOCC1. The van der Waals surface area contributed by atoms with E-state index >= 15 is 0 Å². The Kier molecular flexibility index (Phi) is 10.8. The average Bonchev–Trinajstić information content (AvgIpc) is 2.78. The lowest BCUT2D eigenvalue weighted by Crippen LogP contribution is -2.39. The highest BCUT2D eigenvalue weighted by molar-refractivity contribution is 8.14. The van der Waals surface area contributed by atoms with Crippen LogP contribution >= 0.6 is 11.8 Å². The summed E-state index contributed by atoms with van der Waals surface area (Å²) in [5.41, 5.74) is 0.329. The highest BCUT2D eigenvalue weighted by Gasteiger charge is 2.20. The predicted octanol–water partition coefficient (Wildman–Crippen LogP) is 1.05. The molecule has 1 unspecified atom stereocenters. The molecule has 170 valence electrons. The lowest BCUT2D eigenvalue weighted by molar-refractivity contribution is -0.144. The highest BCUT2D eigenvalue weighted by Crippen LogP contribution is 2.14. The van der Waals surface area contributed by atoms with Gasteiger partial charge in [0.15, 0.2) is 0 Å². The molecule has 0 saturated carbocycles. The Morgan fingerprint density at radius 3 is 2.52 bits per heavy atom. The van der Waals surface area contributed by atoms with E-state index in [2.05, 4.69) is 10.2 Å². The molecule has 1 saturated heterocycles. The van der Waals surface area contributed by atoms with E-state index in [0.29, 0.717) is 37.1 Å². The number of hydrogen-bond donors (Lipinski definition) is 1. The molecular weight excluding hydrogens is 428 g/mol. The fourth-order valence-electron chi connectivity index (χ4n) is 2.49. The van der Waals surface area contributed by atoms with E-state index in [9.17, 15) is 19.2 Å². The van der Waals surface area contributed by atoms with Gasteiger partial charge >= 0.3 is 17.2 Å². The Morgan fingerprint density at radius 1 is 1.10 bits per heavy atom. The van der Waals surface area contributed by atoms with Crippen LogP contribution in [0.15, 0.2) is 30.3 Å². The van der Waals surface area contributed by atoms with Gasteiger partial charge in [0.2, 0.25) is 12.7 Å². The van der Waals surface area contributed by atoms with Crippen LogP contribution in [0.1, 0.15) is 17.3 Å². The van der Waals surface area contributed by atoms with Crippen LogP contribution in [-0.4, -0.2) is 86.1 Å². The van der Waals surface area contributed by atoms with E-state index in [1.807, 2.05) is 0 Å². The minimum atomic E-state index is -0.807. The first-order chi connectivity index (χ1) is 15.0. The summed E-state index contributed by atoms with van der Waals surface area (Å²) in [6, 6.07) is 8.25. The van der Waals surface area contributed by atoms with Crippen molar-refractivity contribution in [3.05, 3.63) is 35.9 Å². The van der Waals surface area contributed by atoms with Crippen LogP contribution in [0.2, 0.25) is 0 Å². The third-order valence-corrected chi connectivity index (χ3v) is 5.08. The zero-order valence-corrected chi connectivity index (χ0v) is 18.1. The Bertz CT molecular complexity index is 740. The van der Waals surface area contributed by atoms with Gasteiger partial charge in [-0.2, -0.15) is 0 Å². The fraction of sp³-hybridized carbons (Fsp3) is 0.500. The highest BCUT2D eigenvalue weighted by atomic mass is 32.2. The smallest absolute Gasteiger partial charge is 0.370 e. The van der Waals surface area contributed by atoms with Crippen molar-refractivity contribution < 1.29 is 38.1 Å². The molecule has 11 heteroatoms. The normalized spacial score (nSPS) is 14.9. The van der Waals surface area contributed by atoms with Crippen molar-refractivity contribution in [3.63, 3.8) is 0 Å². The first kappa shape index (κ1) is 24.6. The molecule has 1 N–H and O–H groups in total. The topological polar surface area (TPSA) is 120 Å². The van der Waals surface area contributed by atoms with E-state index in [1.165, 1.54) is 6.92 Å². The number of nitrogens with zero attached hydrogens (tertiary/aromatic N) is 1. The molecule has 1 aromatic rings. The molecule has 1 aliphatic rings. The van der Waals surface area contributed by atoms with Crippen LogP contribution < -0.4 is 5.32 Å². The van der Waals surface area contributed by atoms with Gasteiger partial charge in [-0.15, -0.1) is 0 Å². The summed E-state index contributed by atoms with van der Waals surface area (Å²) in [6.07, 6.45) is 0. The predicted molar refractivity (Wildman–Crippen MR) is 111 cm³/mol.